The number of ether oxygens (including phenoxy) is 1. The molecule has 1 aromatic heterocycles. The quantitative estimate of drug-likeness (QED) is 0.926. The molecule has 1 N–H and O–H groups in total. The fraction of sp³-hybridized carbons (Fsp3) is 0.267. The van der Waals surface area contributed by atoms with E-state index in [1.807, 2.05) is 0 Å². The lowest BCUT2D eigenvalue weighted by Gasteiger charge is -2.32. The van der Waals surface area contributed by atoms with E-state index in [0.29, 0.717) is 17.2 Å². The van der Waals surface area contributed by atoms with Crippen LogP contribution < -0.4 is 0 Å². The number of rotatable bonds is 3. The van der Waals surface area contributed by atoms with Crippen molar-refractivity contribution in [3.63, 3.8) is 0 Å². The number of halogens is 1. The molecule has 1 aliphatic heterocycles. The summed E-state index contributed by atoms with van der Waals surface area (Å²) in [7, 11) is 0. The molecule has 0 radical (unpaired) electrons. The molecule has 6 nitrogen and oxygen atoms in total. The second kappa shape index (κ2) is 6.43. The van der Waals surface area contributed by atoms with Crippen LogP contribution in [0.1, 0.15) is 10.5 Å². The molecule has 0 unspecified atom stereocenters. The van der Waals surface area contributed by atoms with Crippen molar-refractivity contribution in [2.24, 2.45) is 0 Å². The summed E-state index contributed by atoms with van der Waals surface area (Å²) in [5.41, 5.74) is 0.884. The van der Waals surface area contributed by atoms with Crippen LogP contribution in [0.25, 0.3) is 10.6 Å². The second-order valence-corrected chi connectivity index (χ2v) is 5.83. The molecule has 23 heavy (non-hydrogen) atoms. The number of carbonyl (C=O) groups is 2. The van der Waals surface area contributed by atoms with Crippen molar-refractivity contribution in [2.45, 2.75) is 6.04 Å². The first-order valence-electron chi connectivity index (χ1n) is 6.89. The molecule has 2 heterocycles. The molecule has 8 heteroatoms. The monoisotopic (exact) mass is 336 g/mol. The molecule has 2 aromatic rings. The van der Waals surface area contributed by atoms with E-state index in [0.717, 1.165) is 0 Å². The number of benzene rings is 1. The van der Waals surface area contributed by atoms with Gasteiger partial charge in [0, 0.05) is 17.5 Å². The minimum absolute atomic E-state index is 0.0317. The number of thiazole rings is 1. The SMILES string of the molecule is O=C(O)[C@@H]1COCCN1C(=O)c1csc(-c2ccc(F)cc2)n1. The van der Waals surface area contributed by atoms with Crippen molar-refractivity contribution >= 4 is 23.2 Å². The number of aromatic nitrogens is 1. The molecule has 0 saturated carbocycles. The van der Waals surface area contributed by atoms with Crippen LogP contribution in [0.4, 0.5) is 4.39 Å². The molecular formula is C15H13FN2O4S. The summed E-state index contributed by atoms with van der Waals surface area (Å²) in [5.74, 6) is -1.89. The maximum atomic E-state index is 13.0. The number of carboxylic acids is 1. The average Bonchev–Trinajstić information content (AvgIpc) is 3.04. The third-order valence-electron chi connectivity index (χ3n) is 3.49. The molecule has 0 spiro atoms. The molecule has 120 valence electrons. The summed E-state index contributed by atoms with van der Waals surface area (Å²) in [5, 5.41) is 11.3. The number of carboxylic acid groups (broad SMARTS) is 1. The Bertz CT molecular complexity index is 731. The third kappa shape index (κ3) is 3.22. The molecule has 0 aliphatic carbocycles. The molecule has 3 rings (SSSR count). The standard InChI is InChI=1S/C15H13FN2O4S/c16-10-3-1-9(2-4-10)13-17-11(8-23-13)14(19)18-5-6-22-7-12(18)15(20)21/h1-4,8,12H,5-7H2,(H,20,21)/t12-/m0/s1. The first-order valence-corrected chi connectivity index (χ1v) is 7.77. The van der Waals surface area contributed by atoms with Crippen LogP contribution in [0.2, 0.25) is 0 Å². The zero-order valence-corrected chi connectivity index (χ0v) is 12.8. The predicted molar refractivity (Wildman–Crippen MR) is 80.8 cm³/mol. The molecule has 1 saturated heterocycles. The Morgan fingerprint density at radius 1 is 1.35 bits per heavy atom. The first kappa shape index (κ1) is 15.6. The average molecular weight is 336 g/mol. The zero-order chi connectivity index (χ0) is 16.4. The lowest BCUT2D eigenvalue weighted by Crippen LogP contribution is -2.52. The summed E-state index contributed by atoms with van der Waals surface area (Å²) in [6, 6.07) is 4.79. The lowest BCUT2D eigenvalue weighted by atomic mass is 10.2. The molecule has 1 aliphatic rings. The van der Waals surface area contributed by atoms with Gasteiger partial charge in [0.1, 0.15) is 16.5 Å². The number of amides is 1. The van der Waals surface area contributed by atoms with E-state index >= 15 is 0 Å². The van der Waals surface area contributed by atoms with Crippen LogP contribution >= 0.6 is 11.3 Å². The Balaban J connectivity index is 1.83. The number of nitrogens with zero attached hydrogens (tertiary/aromatic N) is 2. The van der Waals surface area contributed by atoms with Gasteiger partial charge in [-0.2, -0.15) is 0 Å². The number of hydrogen-bond donors (Lipinski definition) is 1. The third-order valence-corrected chi connectivity index (χ3v) is 4.38. The van der Waals surface area contributed by atoms with Crippen molar-refractivity contribution in [3.05, 3.63) is 41.2 Å². The van der Waals surface area contributed by atoms with Gasteiger partial charge in [-0.05, 0) is 24.3 Å². The minimum Gasteiger partial charge on any atom is -0.480 e. The smallest absolute Gasteiger partial charge is 0.328 e. The van der Waals surface area contributed by atoms with Crippen molar-refractivity contribution in [1.82, 2.24) is 9.88 Å². The predicted octanol–water partition coefficient (Wildman–Crippen LogP) is 1.87. The van der Waals surface area contributed by atoms with Crippen LogP contribution in [0.15, 0.2) is 29.6 Å². The van der Waals surface area contributed by atoms with Gasteiger partial charge >= 0.3 is 5.97 Å². The highest BCUT2D eigenvalue weighted by Crippen LogP contribution is 2.25. The fourth-order valence-electron chi connectivity index (χ4n) is 2.30. The number of hydrogen-bond acceptors (Lipinski definition) is 5. The van der Waals surface area contributed by atoms with Gasteiger partial charge in [0.25, 0.3) is 5.91 Å². The topological polar surface area (TPSA) is 79.7 Å². The van der Waals surface area contributed by atoms with Crippen molar-refractivity contribution in [1.29, 1.82) is 0 Å². The van der Waals surface area contributed by atoms with E-state index in [9.17, 15) is 19.1 Å². The number of aliphatic carboxylic acids is 1. The van der Waals surface area contributed by atoms with Crippen LogP contribution in [0, 0.1) is 5.82 Å². The van der Waals surface area contributed by atoms with Crippen LogP contribution in [0.5, 0.6) is 0 Å². The van der Waals surface area contributed by atoms with E-state index in [1.165, 1.54) is 28.4 Å². The Kier molecular flexibility index (Phi) is 4.35. The van der Waals surface area contributed by atoms with Gasteiger partial charge in [0.2, 0.25) is 0 Å². The van der Waals surface area contributed by atoms with Crippen LogP contribution in [-0.4, -0.2) is 52.7 Å². The summed E-state index contributed by atoms with van der Waals surface area (Å²) in [6.45, 7) is 0.472. The van der Waals surface area contributed by atoms with Gasteiger partial charge in [-0.25, -0.2) is 14.2 Å². The minimum atomic E-state index is -1.10. The van der Waals surface area contributed by atoms with Crippen molar-refractivity contribution in [2.75, 3.05) is 19.8 Å². The van der Waals surface area contributed by atoms with Crippen LogP contribution in [0.3, 0.4) is 0 Å². The number of carbonyl (C=O) groups excluding carboxylic acids is 1. The molecule has 0 bridgehead atoms. The van der Waals surface area contributed by atoms with Gasteiger partial charge in [-0.15, -0.1) is 11.3 Å². The molecule has 1 fully saturated rings. The van der Waals surface area contributed by atoms with Gasteiger partial charge in [-0.1, -0.05) is 0 Å². The highest BCUT2D eigenvalue weighted by Gasteiger charge is 2.34. The van der Waals surface area contributed by atoms with Gasteiger partial charge < -0.3 is 14.7 Å². The van der Waals surface area contributed by atoms with Gasteiger partial charge in [0.15, 0.2) is 6.04 Å². The maximum absolute atomic E-state index is 13.0. The van der Waals surface area contributed by atoms with E-state index < -0.39 is 17.9 Å². The van der Waals surface area contributed by atoms with E-state index in [4.69, 9.17) is 4.74 Å². The Hall–Kier alpha value is -2.32. The molecular weight excluding hydrogens is 323 g/mol. The van der Waals surface area contributed by atoms with E-state index in [1.54, 1.807) is 17.5 Å². The fourth-order valence-corrected chi connectivity index (χ4v) is 3.10. The summed E-state index contributed by atoms with van der Waals surface area (Å²) < 4.78 is 18.1. The van der Waals surface area contributed by atoms with Gasteiger partial charge in [-0.3, -0.25) is 4.79 Å². The van der Waals surface area contributed by atoms with E-state index in [-0.39, 0.29) is 24.7 Å². The van der Waals surface area contributed by atoms with Crippen molar-refractivity contribution < 1.29 is 23.8 Å². The Morgan fingerprint density at radius 2 is 2.09 bits per heavy atom. The highest BCUT2D eigenvalue weighted by atomic mass is 32.1. The van der Waals surface area contributed by atoms with Gasteiger partial charge in [0.05, 0.1) is 13.2 Å². The molecule has 1 amide bonds. The normalized spacial score (nSPS) is 18.0. The zero-order valence-electron chi connectivity index (χ0n) is 11.9. The largest absolute Gasteiger partial charge is 0.480 e. The molecule has 1 aromatic carbocycles. The van der Waals surface area contributed by atoms with E-state index in [2.05, 4.69) is 4.98 Å². The first-order chi connectivity index (χ1) is 11.1. The lowest BCUT2D eigenvalue weighted by molar-refractivity contribution is -0.147. The summed E-state index contributed by atoms with van der Waals surface area (Å²) in [4.78, 5) is 29.2. The second-order valence-electron chi connectivity index (χ2n) is 4.97. The van der Waals surface area contributed by atoms with Crippen LogP contribution in [-0.2, 0) is 9.53 Å². The maximum Gasteiger partial charge on any atom is 0.328 e. The highest BCUT2D eigenvalue weighted by molar-refractivity contribution is 7.13. The molecule has 1 atom stereocenters. The summed E-state index contributed by atoms with van der Waals surface area (Å²) in [6.07, 6.45) is 0. The Morgan fingerprint density at radius 3 is 2.78 bits per heavy atom. The summed E-state index contributed by atoms with van der Waals surface area (Å²) >= 11 is 1.25. The Labute approximate surface area is 135 Å². The number of morpholine rings is 1. The van der Waals surface area contributed by atoms with Crippen molar-refractivity contribution in [3.8, 4) is 10.6 Å².